The van der Waals surface area contributed by atoms with Crippen LogP contribution in [0.4, 0.5) is 4.39 Å². The van der Waals surface area contributed by atoms with Crippen LogP contribution < -0.4 is 0 Å². The predicted octanol–water partition coefficient (Wildman–Crippen LogP) is 3.37. The van der Waals surface area contributed by atoms with Crippen molar-refractivity contribution in [2.75, 3.05) is 13.1 Å². The Morgan fingerprint density at radius 2 is 1.64 bits per heavy atom. The largest absolute Gasteiger partial charge is 0.478 e. The van der Waals surface area contributed by atoms with E-state index in [1.54, 1.807) is 0 Å². The highest BCUT2D eigenvalue weighted by molar-refractivity contribution is 7.89. The summed E-state index contributed by atoms with van der Waals surface area (Å²) in [5.74, 6) is -2.19. The Bertz CT molecular complexity index is 888. The minimum absolute atomic E-state index is 0.159. The van der Waals surface area contributed by atoms with E-state index in [4.69, 9.17) is 0 Å². The van der Waals surface area contributed by atoms with Gasteiger partial charge in [0.1, 0.15) is 11.4 Å². The predicted molar refractivity (Wildman–Crippen MR) is 91.4 cm³/mol. The Kier molecular flexibility index (Phi) is 4.87. The summed E-state index contributed by atoms with van der Waals surface area (Å²) in [7, 11) is -3.55. The van der Waals surface area contributed by atoms with Gasteiger partial charge in [0, 0.05) is 13.1 Å². The summed E-state index contributed by atoms with van der Waals surface area (Å²) in [4.78, 5) is 11.5. The first-order chi connectivity index (χ1) is 11.9. The fourth-order valence-corrected chi connectivity index (χ4v) is 4.56. The average molecular weight is 363 g/mol. The van der Waals surface area contributed by atoms with Gasteiger partial charge >= 0.3 is 5.97 Å². The second kappa shape index (κ2) is 6.93. The highest BCUT2D eigenvalue weighted by Gasteiger charge is 2.26. The summed E-state index contributed by atoms with van der Waals surface area (Å²) in [6, 6.07) is 9.92. The molecule has 1 aliphatic heterocycles. The van der Waals surface area contributed by atoms with Crippen LogP contribution in [-0.4, -0.2) is 36.9 Å². The van der Waals surface area contributed by atoms with E-state index in [-0.39, 0.29) is 10.5 Å². The van der Waals surface area contributed by atoms with E-state index in [0.717, 1.165) is 25.3 Å². The van der Waals surface area contributed by atoms with Crippen LogP contribution in [-0.2, 0) is 10.0 Å². The molecule has 1 aliphatic rings. The van der Waals surface area contributed by atoms with Crippen LogP contribution in [0.5, 0.6) is 0 Å². The van der Waals surface area contributed by atoms with Crippen LogP contribution >= 0.6 is 0 Å². The number of piperidine rings is 1. The van der Waals surface area contributed by atoms with Crippen LogP contribution in [0.1, 0.15) is 29.6 Å². The number of rotatable bonds is 4. The number of benzene rings is 2. The van der Waals surface area contributed by atoms with Gasteiger partial charge in [0.15, 0.2) is 0 Å². The molecule has 132 valence electrons. The first-order valence-electron chi connectivity index (χ1n) is 8.03. The zero-order chi connectivity index (χ0) is 18.0. The lowest BCUT2D eigenvalue weighted by Crippen LogP contribution is -2.35. The van der Waals surface area contributed by atoms with Crippen molar-refractivity contribution in [1.82, 2.24) is 4.31 Å². The lowest BCUT2D eigenvalue weighted by atomic mass is 9.99. The topological polar surface area (TPSA) is 74.7 Å². The number of carbonyl (C=O) groups is 1. The molecule has 0 radical (unpaired) electrons. The standard InChI is InChI=1S/C18H18FNO4S/c19-16-6-4-5-15(17(16)18(21)22)13-7-9-14(10-8-13)25(23,24)20-11-2-1-3-12-20/h4-10H,1-3,11-12H2,(H,21,22). The van der Waals surface area contributed by atoms with Crippen molar-refractivity contribution in [2.45, 2.75) is 24.2 Å². The molecule has 0 unspecified atom stereocenters. The lowest BCUT2D eigenvalue weighted by molar-refractivity contribution is 0.0693. The molecule has 0 spiro atoms. The van der Waals surface area contributed by atoms with Gasteiger partial charge in [-0.2, -0.15) is 4.31 Å². The van der Waals surface area contributed by atoms with Gasteiger partial charge in [-0.15, -0.1) is 0 Å². The maximum atomic E-state index is 13.8. The summed E-state index contributed by atoms with van der Waals surface area (Å²) in [6.07, 6.45) is 2.73. The highest BCUT2D eigenvalue weighted by atomic mass is 32.2. The number of hydrogen-bond donors (Lipinski definition) is 1. The summed E-state index contributed by atoms with van der Waals surface area (Å²) >= 11 is 0. The molecule has 7 heteroatoms. The minimum atomic E-state index is -3.55. The van der Waals surface area contributed by atoms with E-state index in [9.17, 15) is 22.7 Å². The molecule has 0 saturated carbocycles. The molecule has 0 amide bonds. The number of halogens is 1. The third-order valence-electron chi connectivity index (χ3n) is 4.35. The van der Waals surface area contributed by atoms with Crippen molar-refractivity contribution >= 4 is 16.0 Å². The molecule has 1 N–H and O–H groups in total. The second-order valence-electron chi connectivity index (χ2n) is 5.96. The molecule has 5 nitrogen and oxygen atoms in total. The lowest BCUT2D eigenvalue weighted by Gasteiger charge is -2.25. The van der Waals surface area contributed by atoms with Crippen LogP contribution in [0.15, 0.2) is 47.4 Å². The zero-order valence-electron chi connectivity index (χ0n) is 13.5. The van der Waals surface area contributed by atoms with Gasteiger partial charge in [0.25, 0.3) is 0 Å². The second-order valence-corrected chi connectivity index (χ2v) is 7.89. The van der Waals surface area contributed by atoms with Gasteiger partial charge in [-0.3, -0.25) is 0 Å². The average Bonchev–Trinajstić information content (AvgIpc) is 2.62. The molecule has 0 bridgehead atoms. The van der Waals surface area contributed by atoms with E-state index in [2.05, 4.69) is 0 Å². The van der Waals surface area contributed by atoms with Gasteiger partial charge in [-0.25, -0.2) is 17.6 Å². The smallest absolute Gasteiger partial charge is 0.339 e. The van der Waals surface area contributed by atoms with E-state index in [0.29, 0.717) is 18.7 Å². The van der Waals surface area contributed by atoms with Gasteiger partial charge in [0.2, 0.25) is 10.0 Å². The molecule has 2 aromatic carbocycles. The SMILES string of the molecule is O=C(O)c1c(F)cccc1-c1ccc(S(=O)(=O)N2CCCCC2)cc1. The molecule has 0 aliphatic carbocycles. The van der Waals surface area contributed by atoms with E-state index in [1.165, 1.54) is 40.7 Å². The molecule has 0 atom stereocenters. The van der Waals surface area contributed by atoms with Crippen LogP contribution in [0.3, 0.4) is 0 Å². The molecule has 1 heterocycles. The van der Waals surface area contributed by atoms with Crippen LogP contribution in [0.2, 0.25) is 0 Å². The summed E-state index contributed by atoms with van der Waals surface area (Å²) in [5.41, 5.74) is 0.248. The number of sulfonamides is 1. The molecule has 2 aromatic rings. The van der Waals surface area contributed by atoms with E-state index >= 15 is 0 Å². The summed E-state index contributed by atoms with van der Waals surface area (Å²) in [5, 5.41) is 9.22. The molecule has 1 saturated heterocycles. The van der Waals surface area contributed by atoms with E-state index in [1.807, 2.05) is 0 Å². The van der Waals surface area contributed by atoms with Crippen molar-refractivity contribution in [3.05, 3.63) is 53.8 Å². The van der Waals surface area contributed by atoms with Crippen molar-refractivity contribution < 1.29 is 22.7 Å². The van der Waals surface area contributed by atoms with Gasteiger partial charge in [-0.1, -0.05) is 30.7 Å². The molecular weight excluding hydrogens is 345 g/mol. The molecular formula is C18H18FNO4S. The number of aromatic carboxylic acids is 1. The van der Waals surface area contributed by atoms with E-state index < -0.39 is 27.4 Å². The molecule has 3 rings (SSSR count). The van der Waals surface area contributed by atoms with Gasteiger partial charge in [-0.05, 0) is 42.2 Å². The summed E-state index contributed by atoms with van der Waals surface area (Å²) < 4.78 is 40.6. The Balaban J connectivity index is 1.96. The first kappa shape index (κ1) is 17.6. The Morgan fingerprint density at radius 1 is 1.00 bits per heavy atom. The Morgan fingerprint density at radius 3 is 2.24 bits per heavy atom. The highest BCUT2D eigenvalue weighted by Crippen LogP contribution is 2.28. The van der Waals surface area contributed by atoms with Crippen molar-refractivity contribution in [2.24, 2.45) is 0 Å². The maximum Gasteiger partial charge on any atom is 0.339 e. The zero-order valence-corrected chi connectivity index (χ0v) is 14.3. The minimum Gasteiger partial charge on any atom is -0.478 e. The number of nitrogens with zero attached hydrogens (tertiary/aromatic N) is 1. The summed E-state index contributed by atoms with van der Waals surface area (Å²) in [6.45, 7) is 1.02. The van der Waals surface area contributed by atoms with Crippen molar-refractivity contribution in [3.8, 4) is 11.1 Å². The molecule has 1 fully saturated rings. The maximum absolute atomic E-state index is 13.8. The Labute approximate surface area is 145 Å². The molecule has 0 aromatic heterocycles. The van der Waals surface area contributed by atoms with Crippen molar-refractivity contribution in [1.29, 1.82) is 0 Å². The third-order valence-corrected chi connectivity index (χ3v) is 6.26. The Hall–Kier alpha value is -2.25. The number of carboxylic acids is 1. The van der Waals surface area contributed by atoms with Crippen molar-refractivity contribution in [3.63, 3.8) is 0 Å². The monoisotopic (exact) mass is 363 g/mol. The third kappa shape index (κ3) is 3.43. The molecule has 25 heavy (non-hydrogen) atoms. The fraction of sp³-hybridized carbons (Fsp3) is 0.278. The van der Waals surface area contributed by atoms with Crippen LogP contribution in [0, 0.1) is 5.82 Å². The first-order valence-corrected chi connectivity index (χ1v) is 9.47. The van der Waals surface area contributed by atoms with Gasteiger partial charge < -0.3 is 5.11 Å². The normalized spacial score (nSPS) is 15.9. The van der Waals surface area contributed by atoms with Crippen LogP contribution in [0.25, 0.3) is 11.1 Å². The van der Waals surface area contributed by atoms with Gasteiger partial charge in [0.05, 0.1) is 4.90 Å². The number of carboxylic acid groups (broad SMARTS) is 1. The quantitative estimate of drug-likeness (QED) is 0.904. The number of hydrogen-bond acceptors (Lipinski definition) is 3. The fourth-order valence-electron chi connectivity index (χ4n) is 3.04.